The Morgan fingerprint density at radius 2 is 2.20 bits per heavy atom. The number of hydrogen-bond donors (Lipinski definition) is 2. The van der Waals surface area contributed by atoms with Crippen molar-refractivity contribution in [3.63, 3.8) is 0 Å². The summed E-state index contributed by atoms with van der Waals surface area (Å²) in [7, 11) is 0. The van der Waals surface area contributed by atoms with E-state index in [1.807, 2.05) is 25.1 Å². The molecule has 1 aromatic carbocycles. The highest BCUT2D eigenvalue weighted by atomic mass is 35.5. The zero-order valence-electron chi connectivity index (χ0n) is 9.26. The Bertz CT molecular complexity index is 310. The van der Waals surface area contributed by atoms with Crippen molar-refractivity contribution in [2.45, 2.75) is 32.9 Å². The lowest BCUT2D eigenvalue weighted by Crippen LogP contribution is -2.31. The van der Waals surface area contributed by atoms with Crippen LogP contribution in [0.5, 0.6) is 0 Å². The lowest BCUT2D eigenvalue weighted by molar-refractivity contribution is 0.238. The van der Waals surface area contributed by atoms with Crippen LogP contribution in [0.4, 0.5) is 0 Å². The van der Waals surface area contributed by atoms with Gasteiger partial charge in [0.2, 0.25) is 0 Å². The highest BCUT2D eigenvalue weighted by Crippen LogP contribution is 2.15. The molecule has 1 rings (SSSR count). The van der Waals surface area contributed by atoms with Crippen LogP contribution in [-0.4, -0.2) is 17.8 Å². The molecule has 0 bridgehead atoms. The third-order valence-corrected chi connectivity index (χ3v) is 2.83. The lowest BCUT2D eigenvalue weighted by atomic mass is 10.1. The molecule has 0 unspecified atom stereocenters. The number of halogens is 1. The predicted octanol–water partition coefficient (Wildman–Crippen LogP) is 2.51. The van der Waals surface area contributed by atoms with Gasteiger partial charge in [-0.2, -0.15) is 0 Å². The number of nitrogens with one attached hydrogen (secondary N) is 1. The molecule has 0 aliphatic carbocycles. The molecule has 2 N–H and O–H groups in total. The Kier molecular flexibility index (Phi) is 5.09. The maximum absolute atomic E-state index is 9.03. The number of benzene rings is 1. The van der Waals surface area contributed by atoms with Gasteiger partial charge in [0, 0.05) is 17.6 Å². The molecule has 3 heteroatoms. The third-order valence-electron chi connectivity index (χ3n) is 2.60. The first kappa shape index (κ1) is 12.5. The second kappa shape index (κ2) is 6.11. The molecule has 0 heterocycles. The quantitative estimate of drug-likeness (QED) is 0.810. The van der Waals surface area contributed by atoms with Crippen molar-refractivity contribution in [1.29, 1.82) is 0 Å². The van der Waals surface area contributed by atoms with E-state index in [4.69, 9.17) is 16.7 Å². The second-order valence-corrected chi connectivity index (χ2v) is 4.18. The van der Waals surface area contributed by atoms with Crippen LogP contribution >= 0.6 is 11.6 Å². The van der Waals surface area contributed by atoms with Gasteiger partial charge in [0.25, 0.3) is 0 Å². The highest BCUT2D eigenvalue weighted by Gasteiger charge is 2.04. The van der Waals surface area contributed by atoms with Crippen molar-refractivity contribution in [2.24, 2.45) is 0 Å². The van der Waals surface area contributed by atoms with Crippen molar-refractivity contribution >= 4 is 11.6 Å². The summed E-state index contributed by atoms with van der Waals surface area (Å²) < 4.78 is 0. The van der Waals surface area contributed by atoms with Gasteiger partial charge in [-0.05, 0) is 36.6 Å². The largest absolute Gasteiger partial charge is 0.395 e. The summed E-state index contributed by atoms with van der Waals surface area (Å²) in [6.07, 6.45) is 0.934. The van der Waals surface area contributed by atoms with E-state index in [1.165, 1.54) is 11.1 Å². The van der Waals surface area contributed by atoms with Gasteiger partial charge in [-0.3, -0.25) is 0 Å². The molecule has 0 saturated heterocycles. The van der Waals surface area contributed by atoms with Crippen LogP contribution in [0.2, 0.25) is 5.02 Å². The maximum atomic E-state index is 9.03. The first-order valence-electron chi connectivity index (χ1n) is 5.26. The number of hydrogen-bond acceptors (Lipinski definition) is 2. The molecule has 0 aromatic heterocycles. The summed E-state index contributed by atoms with van der Waals surface area (Å²) in [5, 5.41) is 13.1. The topological polar surface area (TPSA) is 32.3 Å². The zero-order valence-corrected chi connectivity index (χ0v) is 10.0. The van der Waals surface area contributed by atoms with Gasteiger partial charge in [-0.25, -0.2) is 0 Å². The van der Waals surface area contributed by atoms with E-state index in [0.717, 1.165) is 18.0 Å². The van der Waals surface area contributed by atoms with E-state index >= 15 is 0 Å². The normalized spacial score (nSPS) is 12.8. The minimum atomic E-state index is 0.181. The first-order valence-corrected chi connectivity index (χ1v) is 5.64. The number of aliphatic hydroxyl groups excluding tert-OH is 1. The second-order valence-electron chi connectivity index (χ2n) is 3.74. The van der Waals surface area contributed by atoms with Crippen LogP contribution in [0.3, 0.4) is 0 Å². The van der Waals surface area contributed by atoms with Crippen LogP contribution in [0.1, 0.15) is 24.5 Å². The van der Waals surface area contributed by atoms with Gasteiger partial charge >= 0.3 is 0 Å². The summed E-state index contributed by atoms with van der Waals surface area (Å²) in [5.41, 5.74) is 2.41. The van der Waals surface area contributed by atoms with E-state index in [-0.39, 0.29) is 12.6 Å². The van der Waals surface area contributed by atoms with E-state index < -0.39 is 0 Å². The summed E-state index contributed by atoms with van der Waals surface area (Å²) >= 11 is 5.87. The minimum Gasteiger partial charge on any atom is -0.395 e. The van der Waals surface area contributed by atoms with Crippen LogP contribution < -0.4 is 5.32 Å². The fourth-order valence-electron chi connectivity index (χ4n) is 1.45. The molecule has 0 aliphatic heterocycles. The third kappa shape index (κ3) is 3.82. The molecule has 0 aliphatic rings. The average Bonchev–Trinajstić information content (AvgIpc) is 2.22. The number of aliphatic hydroxyl groups is 1. The van der Waals surface area contributed by atoms with Gasteiger partial charge in [-0.15, -0.1) is 0 Å². The molecule has 0 radical (unpaired) electrons. The van der Waals surface area contributed by atoms with Gasteiger partial charge < -0.3 is 10.4 Å². The Morgan fingerprint density at radius 3 is 2.73 bits per heavy atom. The Morgan fingerprint density at radius 1 is 1.47 bits per heavy atom. The fourth-order valence-corrected chi connectivity index (χ4v) is 1.68. The minimum absolute atomic E-state index is 0.181. The monoisotopic (exact) mass is 227 g/mol. The van der Waals surface area contributed by atoms with Gasteiger partial charge in [-0.1, -0.05) is 24.6 Å². The molecule has 0 saturated carbocycles. The molecule has 0 amide bonds. The van der Waals surface area contributed by atoms with Gasteiger partial charge in [0.05, 0.1) is 6.61 Å². The molecule has 1 aromatic rings. The summed E-state index contributed by atoms with van der Waals surface area (Å²) in [5.74, 6) is 0. The first-order chi connectivity index (χ1) is 7.17. The molecular weight excluding hydrogens is 210 g/mol. The molecule has 84 valence electrons. The number of aryl methyl sites for hydroxylation is 1. The maximum Gasteiger partial charge on any atom is 0.0584 e. The van der Waals surface area contributed by atoms with Crippen molar-refractivity contribution in [3.05, 3.63) is 34.3 Å². The standard InChI is InChI=1S/C12H18ClNO/c1-3-12(8-15)14-7-10-4-5-11(13)6-9(10)2/h4-6,12,14-15H,3,7-8H2,1-2H3/t12-/m1/s1. The lowest BCUT2D eigenvalue weighted by Gasteiger charge is -2.15. The van der Waals surface area contributed by atoms with Crippen LogP contribution in [-0.2, 0) is 6.54 Å². The summed E-state index contributed by atoms with van der Waals surface area (Å²) in [6, 6.07) is 6.05. The van der Waals surface area contributed by atoms with Crippen LogP contribution in [0.25, 0.3) is 0 Å². The highest BCUT2D eigenvalue weighted by molar-refractivity contribution is 6.30. The van der Waals surface area contributed by atoms with Crippen LogP contribution in [0.15, 0.2) is 18.2 Å². The molecule has 0 fully saturated rings. The van der Waals surface area contributed by atoms with E-state index in [1.54, 1.807) is 0 Å². The van der Waals surface area contributed by atoms with Crippen molar-refractivity contribution < 1.29 is 5.11 Å². The molecule has 0 spiro atoms. The number of rotatable bonds is 5. The molecular formula is C12H18ClNO. The summed E-state index contributed by atoms with van der Waals surface area (Å²) in [4.78, 5) is 0. The van der Waals surface area contributed by atoms with Gasteiger partial charge in [0.15, 0.2) is 0 Å². The average molecular weight is 228 g/mol. The van der Waals surface area contributed by atoms with Crippen molar-refractivity contribution in [1.82, 2.24) is 5.32 Å². The van der Waals surface area contributed by atoms with Gasteiger partial charge in [0.1, 0.15) is 0 Å². The molecule has 15 heavy (non-hydrogen) atoms. The Hall–Kier alpha value is -0.570. The smallest absolute Gasteiger partial charge is 0.0584 e. The van der Waals surface area contributed by atoms with Crippen molar-refractivity contribution in [2.75, 3.05) is 6.61 Å². The predicted molar refractivity (Wildman–Crippen MR) is 64.2 cm³/mol. The zero-order chi connectivity index (χ0) is 11.3. The summed E-state index contributed by atoms with van der Waals surface area (Å²) in [6.45, 7) is 5.07. The van der Waals surface area contributed by atoms with Crippen LogP contribution in [0, 0.1) is 6.92 Å². The molecule has 2 nitrogen and oxygen atoms in total. The Labute approximate surface area is 96.3 Å². The van der Waals surface area contributed by atoms with Crippen molar-refractivity contribution in [3.8, 4) is 0 Å². The molecule has 1 atom stereocenters. The SMILES string of the molecule is CC[C@H](CO)NCc1ccc(Cl)cc1C. The van der Waals surface area contributed by atoms with E-state index in [9.17, 15) is 0 Å². The van der Waals surface area contributed by atoms with E-state index in [2.05, 4.69) is 12.2 Å². The Balaban J connectivity index is 2.57. The van der Waals surface area contributed by atoms with E-state index in [0.29, 0.717) is 0 Å². The fraction of sp³-hybridized carbons (Fsp3) is 0.500.